The summed E-state index contributed by atoms with van der Waals surface area (Å²) in [5, 5.41) is 8.54. The van der Waals surface area contributed by atoms with Crippen LogP contribution in [0.25, 0.3) is 11.1 Å². The third-order valence-corrected chi connectivity index (χ3v) is 6.70. The summed E-state index contributed by atoms with van der Waals surface area (Å²) >= 11 is 0. The quantitative estimate of drug-likeness (QED) is 0.297. The summed E-state index contributed by atoms with van der Waals surface area (Å²) in [6.45, 7) is 5.21. The van der Waals surface area contributed by atoms with Gasteiger partial charge in [-0.25, -0.2) is 4.39 Å². The number of carbonyl (C=O) groups excluding carboxylic acids is 1. The molecule has 1 saturated heterocycles. The molecule has 3 aromatic rings. The van der Waals surface area contributed by atoms with Crippen LogP contribution in [-0.2, 0) is 16.0 Å². The Balaban J connectivity index is 1.21. The van der Waals surface area contributed by atoms with E-state index < -0.39 is 5.83 Å². The highest BCUT2D eigenvalue weighted by molar-refractivity contribution is 5.94. The average molecular weight is 494 g/mol. The fraction of sp³-hybridized carbons (Fsp3) is 0.481. The molecule has 1 aliphatic heterocycles. The summed E-state index contributed by atoms with van der Waals surface area (Å²) < 4.78 is 25.8. The van der Waals surface area contributed by atoms with Crippen LogP contribution in [-0.4, -0.2) is 45.6 Å². The van der Waals surface area contributed by atoms with Crippen molar-refractivity contribution in [3.63, 3.8) is 0 Å². The van der Waals surface area contributed by atoms with Gasteiger partial charge in [-0.15, -0.1) is 0 Å². The number of hydrogen-bond donors (Lipinski definition) is 0. The first kappa shape index (κ1) is 24.4. The highest BCUT2D eigenvalue weighted by atomic mass is 19.1. The minimum Gasteiger partial charge on any atom is -0.377 e. The Labute approximate surface area is 210 Å². The molecule has 9 heteroatoms. The number of rotatable bonds is 13. The van der Waals surface area contributed by atoms with E-state index in [2.05, 4.69) is 21.8 Å². The number of benzene rings is 1. The van der Waals surface area contributed by atoms with E-state index in [9.17, 15) is 9.18 Å². The van der Waals surface area contributed by atoms with Crippen molar-refractivity contribution in [3.05, 3.63) is 60.8 Å². The zero-order valence-electron chi connectivity index (χ0n) is 20.4. The van der Waals surface area contributed by atoms with E-state index in [1.54, 1.807) is 4.90 Å². The number of ether oxygens (including phenoxy) is 1. The first-order valence-corrected chi connectivity index (χ1v) is 12.8. The van der Waals surface area contributed by atoms with Crippen LogP contribution >= 0.6 is 0 Å². The maximum absolute atomic E-state index is 13.3. The predicted octanol–water partition coefficient (Wildman–Crippen LogP) is 5.39. The number of hydrogen-bond acceptors (Lipinski definition) is 6. The standard InChI is InChI=1S/C27H32FN5O3/c1-19(28)9-12-26(34)32(13-4-2-3-8-25-30-27(31-36-25)20-10-11-20)23-7-5-6-21(14-23)22-15-29-33(16-22)24-17-35-18-24/h5-7,14-16,20,24H,1-4,8-13,17-18H2. The van der Waals surface area contributed by atoms with Gasteiger partial charge in [-0.2, -0.15) is 10.1 Å². The molecule has 1 aromatic carbocycles. The van der Waals surface area contributed by atoms with Gasteiger partial charge in [-0.05, 0) is 43.4 Å². The average Bonchev–Trinajstić information content (AvgIpc) is 3.39. The molecule has 0 bridgehead atoms. The highest BCUT2D eigenvalue weighted by Gasteiger charge is 2.28. The largest absolute Gasteiger partial charge is 0.377 e. The molecule has 2 aromatic heterocycles. The van der Waals surface area contributed by atoms with Gasteiger partial charge in [0, 0.05) is 49.2 Å². The molecule has 2 fully saturated rings. The van der Waals surface area contributed by atoms with Crippen molar-refractivity contribution >= 4 is 11.6 Å². The number of allylic oxidation sites excluding steroid dienone is 1. The zero-order chi connectivity index (χ0) is 24.9. The van der Waals surface area contributed by atoms with Crippen molar-refractivity contribution in [1.82, 2.24) is 19.9 Å². The second-order valence-electron chi connectivity index (χ2n) is 9.64. The molecule has 0 spiro atoms. The van der Waals surface area contributed by atoms with Gasteiger partial charge in [-0.1, -0.05) is 30.3 Å². The number of carbonyl (C=O) groups is 1. The zero-order valence-corrected chi connectivity index (χ0v) is 20.4. The summed E-state index contributed by atoms with van der Waals surface area (Å²) in [7, 11) is 0. The van der Waals surface area contributed by atoms with Gasteiger partial charge in [0.25, 0.3) is 0 Å². The molecule has 1 saturated carbocycles. The van der Waals surface area contributed by atoms with Crippen LogP contribution in [0.1, 0.15) is 68.6 Å². The molecule has 2 aliphatic rings. The van der Waals surface area contributed by atoms with Crippen molar-refractivity contribution < 1.29 is 18.4 Å². The maximum Gasteiger partial charge on any atom is 0.227 e. The van der Waals surface area contributed by atoms with Crippen LogP contribution in [0.4, 0.5) is 10.1 Å². The summed E-state index contributed by atoms with van der Waals surface area (Å²) in [6, 6.07) is 8.15. The van der Waals surface area contributed by atoms with Crippen LogP contribution in [0.5, 0.6) is 0 Å². The molecule has 190 valence electrons. The lowest BCUT2D eigenvalue weighted by Gasteiger charge is -2.26. The van der Waals surface area contributed by atoms with Crippen LogP contribution in [0.2, 0.25) is 0 Å². The molecule has 1 aliphatic carbocycles. The van der Waals surface area contributed by atoms with Crippen LogP contribution in [0.3, 0.4) is 0 Å². The molecule has 0 atom stereocenters. The third-order valence-electron chi connectivity index (χ3n) is 6.70. The smallest absolute Gasteiger partial charge is 0.227 e. The van der Waals surface area contributed by atoms with Crippen molar-refractivity contribution in [1.29, 1.82) is 0 Å². The Morgan fingerprint density at radius 3 is 2.78 bits per heavy atom. The van der Waals surface area contributed by atoms with E-state index in [0.29, 0.717) is 31.6 Å². The van der Waals surface area contributed by atoms with E-state index in [1.807, 2.05) is 41.3 Å². The molecule has 5 rings (SSSR count). The Bertz CT molecular complexity index is 1200. The molecule has 8 nitrogen and oxygen atoms in total. The van der Waals surface area contributed by atoms with Gasteiger partial charge in [0.15, 0.2) is 5.82 Å². The Kier molecular flexibility index (Phi) is 7.55. The number of anilines is 1. The SMILES string of the molecule is C=C(F)CCC(=O)N(CCCCCc1nc(C2CC2)no1)c1cccc(-c2cnn(C3COC3)c2)c1. The topological polar surface area (TPSA) is 86.3 Å². The van der Waals surface area contributed by atoms with Crippen LogP contribution in [0, 0.1) is 0 Å². The van der Waals surface area contributed by atoms with Crippen molar-refractivity contribution in [2.45, 2.75) is 63.3 Å². The fourth-order valence-corrected chi connectivity index (χ4v) is 4.29. The lowest BCUT2D eigenvalue weighted by molar-refractivity contribution is -0.118. The molecular formula is C27H32FN5O3. The third kappa shape index (κ3) is 6.07. The first-order valence-electron chi connectivity index (χ1n) is 12.8. The molecule has 1 amide bonds. The Hall–Kier alpha value is -3.33. The van der Waals surface area contributed by atoms with Crippen LogP contribution < -0.4 is 4.90 Å². The van der Waals surface area contributed by atoms with Gasteiger partial charge in [-0.3, -0.25) is 9.48 Å². The van der Waals surface area contributed by atoms with Gasteiger partial charge < -0.3 is 14.2 Å². The van der Waals surface area contributed by atoms with Gasteiger partial charge in [0.1, 0.15) is 0 Å². The van der Waals surface area contributed by atoms with Gasteiger partial charge in [0.05, 0.1) is 31.3 Å². The number of halogens is 1. The van der Waals surface area contributed by atoms with Gasteiger partial charge in [0.2, 0.25) is 11.8 Å². The first-order chi connectivity index (χ1) is 17.6. The summed E-state index contributed by atoms with van der Waals surface area (Å²) in [6.07, 6.45) is 9.64. The summed E-state index contributed by atoms with van der Waals surface area (Å²) in [4.78, 5) is 19.3. The van der Waals surface area contributed by atoms with Crippen molar-refractivity contribution in [3.8, 4) is 11.1 Å². The molecule has 0 unspecified atom stereocenters. The van der Waals surface area contributed by atoms with E-state index >= 15 is 0 Å². The molecule has 0 radical (unpaired) electrons. The van der Waals surface area contributed by atoms with E-state index in [4.69, 9.17) is 9.26 Å². The van der Waals surface area contributed by atoms with Crippen molar-refractivity contribution in [2.24, 2.45) is 0 Å². The van der Waals surface area contributed by atoms with Gasteiger partial charge >= 0.3 is 0 Å². The number of aryl methyl sites for hydroxylation is 1. The van der Waals surface area contributed by atoms with Crippen LogP contribution in [0.15, 0.2) is 53.6 Å². The second kappa shape index (κ2) is 11.2. The van der Waals surface area contributed by atoms with E-state index in [0.717, 1.165) is 61.2 Å². The predicted molar refractivity (Wildman–Crippen MR) is 133 cm³/mol. The monoisotopic (exact) mass is 493 g/mol. The number of nitrogens with zero attached hydrogens (tertiary/aromatic N) is 5. The van der Waals surface area contributed by atoms with E-state index in [-0.39, 0.29) is 24.8 Å². The lowest BCUT2D eigenvalue weighted by Crippen LogP contribution is -2.31. The summed E-state index contributed by atoms with van der Waals surface area (Å²) in [5.41, 5.74) is 2.76. The lowest BCUT2D eigenvalue weighted by atomic mass is 10.1. The maximum atomic E-state index is 13.3. The van der Waals surface area contributed by atoms with E-state index in [1.165, 1.54) is 0 Å². The highest BCUT2D eigenvalue weighted by Crippen LogP contribution is 2.38. The second-order valence-corrected chi connectivity index (χ2v) is 9.64. The minimum absolute atomic E-state index is 0.0335. The Morgan fingerprint density at radius 1 is 1.17 bits per heavy atom. The fourth-order valence-electron chi connectivity index (χ4n) is 4.29. The molecule has 3 heterocycles. The molecule has 0 N–H and O–H groups in total. The molecule has 36 heavy (non-hydrogen) atoms. The van der Waals surface area contributed by atoms with Crippen molar-refractivity contribution in [2.75, 3.05) is 24.7 Å². The number of unbranched alkanes of at least 4 members (excludes halogenated alkanes) is 2. The molecular weight excluding hydrogens is 461 g/mol. The Morgan fingerprint density at radius 2 is 2.03 bits per heavy atom. The number of aromatic nitrogens is 4. The number of amides is 1. The normalized spacial score (nSPS) is 15.6. The minimum atomic E-state index is -0.477. The summed E-state index contributed by atoms with van der Waals surface area (Å²) in [5.74, 6) is 1.42.